The Labute approximate surface area is 134 Å². The number of aliphatic carboxylic acids is 1. The van der Waals surface area contributed by atoms with Crippen LogP contribution in [-0.2, 0) is 19.1 Å². The van der Waals surface area contributed by atoms with Crippen molar-refractivity contribution in [2.24, 2.45) is 0 Å². The van der Waals surface area contributed by atoms with Gasteiger partial charge in [-0.1, -0.05) is 0 Å². The van der Waals surface area contributed by atoms with E-state index in [-0.39, 0.29) is 13.0 Å². The first kappa shape index (κ1) is 18.7. The Kier molecular flexibility index (Phi) is 5.89. The number of hydrogen-bond donors (Lipinski definition) is 1. The second-order valence-electron chi connectivity index (χ2n) is 6.08. The van der Waals surface area contributed by atoms with Crippen LogP contribution < -0.4 is 0 Å². The third-order valence-electron chi connectivity index (χ3n) is 3.15. The predicted molar refractivity (Wildman–Crippen MR) is 80.5 cm³/mol. The van der Waals surface area contributed by atoms with Crippen LogP contribution in [0, 0.1) is 0 Å². The molecule has 1 N–H and O–H groups in total. The standard InChI is InChI=1S/C15H22N2O6/c1-5-16(14(22)23-15(2,3)4)9-8-10(13(20)21)17-11(18)6-7-12(17)19/h6-7,10H,5,8-9H2,1-4H3,(H,20,21). The first-order chi connectivity index (χ1) is 10.6. The summed E-state index contributed by atoms with van der Waals surface area (Å²) >= 11 is 0. The molecule has 8 nitrogen and oxygen atoms in total. The van der Waals surface area contributed by atoms with Crippen molar-refractivity contribution in [3.8, 4) is 0 Å². The van der Waals surface area contributed by atoms with E-state index in [2.05, 4.69) is 0 Å². The lowest BCUT2D eigenvalue weighted by atomic mass is 10.1. The number of ether oxygens (including phenoxy) is 1. The lowest BCUT2D eigenvalue weighted by Gasteiger charge is -2.28. The summed E-state index contributed by atoms with van der Waals surface area (Å²) in [4.78, 5) is 48.6. The van der Waals surface area contributed by atoms with Crippen LogP contribution in [0.15, 0.2) is 12.2 Å². The zero-order chi connectivity index (χ0) is 17.8. The maximum absolute atomic E-state index is 12.0. The van der Waals surface area contributed by atoms with E-state index in [9.17, 15) is 24.3 Å². The van der Waals surface area contributed by atoms with E-state index >= 15 is 0 Å². The van der Waals surface area contributed by atoms with E-state index in [0.717, 1.165) is 12.2 Å². The molecule has 23 heavy (non-hydrogen) atoms. The molecule has 0 saturated carbocycles. The van der Waals surface area contributed by atoms with Gasteiger partial charge >= 0.3 is 12.1 Å². The minimum atomic E-state index is -1.32. The van der Waals surface area contributed by atoms with E-state index in [4.69, 9.17) is 4.74 Å². The van der Waals surface area contributed by atoms with Crippen molar-refractivity contribution in [2.45, 2.75) is 45.8 Å². The van der Waals surface area contributed by atoms with Crippen molar-refractivity contribution in [1.82, 2.24) is 9.80 Å². The Morgan fingerprint density at radius 2 is 1.78 bits per heavy atom. The summed E-state index contributed by atoms with van der Waals surface area (Å²) in [7, 11) is 0. The topological polar surface area (TPSA) is 104 Å². The second kappa shape index (κ2) is 7.26. The van der Waals surface area contributed by atoms with Gasteiger partial charge in [-0.2, -0.15) is 0 Å². The number of amides is 3. The molecule has 128 valence electrons. The van der Waals surface area contributed by atoms with Gasteiger partial charge in [0.05, 0.1) is 0 Å². The molecule has 0 saturated heterocycles. The third-order valence-corrected chi connectivity index (χ3v) is 3.15. The van der Waals surface area contributed by atoms with Gasteiger partial charge in [0.25, 0.3) is 11.8 Å². The Balaban J connectivity index is 2.74. The van der Waals surface area contributed by atoms with Crippen LogP contribution in [0.5, 0.6) is 0 Å². The molecule has 1 aliphatic heterocycles. The summed E-state index contributed by atoms with van der Waals surface area (Å²) in [5.74, 6) is -2.62. The molecule has 0 aliphatic carbocycles. The number of carboxylic acid groups (broad SMARTS) is 1. The maximum atomic E-state index is 12.0. The van der Waals surface area contributed by atoms with Crippen LogP contribution in [0.1, 0.15) is 34.1 Å². The summed E-state index contributed by atoms with van der Waals surface area (Å²) in [5, 5.41) is 9.27. The molecule has 0 bridgehead atoms. The first-order valence-electron chi connectivity index (χ1n) is 7.32. The highest BCUT2D eigenvalue weighted by molar-refractivity contribution is 6.14. The average Bonchev–Trinajstić information content (AvgIpc) is 2.72. The Morgan fingerprint density at radius 3 is 2.17 bits per heavy atom. The van der Waals surface area contributed by atoms with Gasteiger partial charge in [-0.3, -0.25) is 14.5 Å². The zero-order valence-corrected chi connectivity index (χ0v) is 13.7. The molecular formula is C15H22N2O6. The highest BCUT2D eigenvalue weighted by Crippen LogP contribution is 2.15. The fraction of sp³-hybridized carbons (Fsp3) is 0.600. The zero-order valence-electron chi connectivity index (χ0n) is 13.7. The molecule has 1 rings (SSSR count). The van der Waals surface area contributed by atoms with Crippen LogP contribution in [0.4, 0.5) is 4.79 Å². The quantitative estimate of drug-likeness (QED) is 0.731. The van der Waals surface area contributed by atoms with Gasteiger partial charge < -0.3 is 14.7 Å². The van der Waals surface area contributed by atoms with Crippen molar-refractivity contribution in [2.75, 3.05) is 13.1 Å². The molecule has 1 aliphatic rings. The summed E-state index contributed by atoms with van der Waals surface area (Å²) in [6, 6.07) is -1.32. The lowest BCUT2D eigenvalue weighted by Crippen LogP contribution is -2.47. The molecule has 0 radical (unpaired) electrons. The second-order valence-corrected chi connectivity index (χ2v) is 6.08. The average molecular weight is 326 g/mol. The van der Waals surface area contributed by atoms with Crippen molar-refractivity contribution in [1.29, 1.82) is 0 Å². The number of carboxylic acids is 1. The Hall–Kier alpha value is -2.38. The van der Waals surface area contributed by atoms with Crippen LogP contribution in [-0.4, -0.2) is 63.5 Å². The van der Waals surface area contributed by atoms with Gasteiger partial charge in [-0.15, -0.1) is 0 Å². The van der Waals surface area contributed by atoms with Gasteiger partial charge in [-0.25, -0.2) is 9.59 Å². The molecule has 0 aromatic heterocycles. The van der Waals surface area contributed by atoms with E-state index < -0.39 is 35.5 Å². The van der Waals surface area contributed by atoms with E-state index in [1.54, 1.807) is 27.7 Å². The normalized spacial score (nSPS) is 15.7. The molecule has 0 aromatic carbocycles. The first-order valence-corrected chi connectivity index (χ1v) is 7.32. The summed E-state index contributed by atoms with van der Waals surface area (Å²) in [6.07, 6.45) is 1.43. The van der Waals surface area contributed by atoms with Crippen molar-refractivity contribution >= 4 is 23.9 Å². The number of carbonyl (C=O) groups is 4. The molecule has 3 amide bonds. The highest BCUT2D eigenvalue weighted by atomic mass is 16.6. The molecule has 0 aromatic rings. The van der Waals surface area contributed by atoms with Gasteiger partial charge in [0.15, 0.2) is 0 Å². The highest BCUT2D eigenvalue weighted by Gasteiger charge is 2.36. The smallest absolute Gasteiger partial charge is 0.410 e. The number of hydrogen-bond acceptors (Lipinski definition) is 5. The molecule has 0 fully saturated rings. The van der Waals surface area contributed by atoms with Crippen molar-refractivity contribution in [3.63, 3.8) is 0 Å². The van der Waals surface area contributed by atoms with Crippen molar-refractivity contribution in [3.05, 3.63) is 12.2 Å². The van der Waals surface area contributed by atoms with E-state index in [1.165, 1.54) is 4.90 Å². The Bertz CT molecular complexity index is 517. The molecule has 1 atom stereocenters. The molecule has 0 spiro atoms. The fourth-order valence-corrected chi connectivity index (χ4v) is 2.07. The molecule has 1 heterocycles. The number of nitrogens with zero attached hydrogens (tertiary/aromatic N) is 2. The van der Waals surface area contributed by atoms with Gasteiger partial charge in [0, 0.05) is 25.2 Å². The van der Waals surface area contributed by atoms with Crippen LogP contribution in [0.25, 0.3) is 0 Å². The maximum Gasteiger partial charge on any atom is 0.410 e. The summed E-state index contributed by atoms with van der Waals surface area (Å²) in [6.45, 7) is 7.29. The third kappa shape index (κ3) is 5.08. The van der Waals surface area contributed by atoms with Crippen molar-refractivity contribution < 1.29 is 29.0 Å². The fourth-order valence-electron chi connectivity index (χ4n) is 2.07. The van der Waals surface area contributed by atoms with E-state index in [0.29, 0.717) is 11.4 Å². The Morgan fingerprint density at radius 1 is 1.26 bits per heavy atom. The summed E-state index contributed by atoms with van der Waals surface area (Å²) < 4.78 is 5.23. The van der Waals surface area contributed by atoms with Gasteiger partial charge in [0.2, 0.25) is 0 Å². The lowest BCUT2D eigenvalue weighted by molar-refractivity contribution is -0.153. The SMILES string of the molecule is CCN(CCC(C(=O)O)N1C(=O)C=CC1=O)C(=O)OC(C)(C)C. The minimum absolute atomic E-state index is 0.0550. The molecular weight excluding hydrogens is 304 g/mol. The number of imide groups is 1. The predicted octanol–water partition coefficient (Wildman–Crippen LogP) is 1.01. The minimum Gasteiger partial charge on any atom is -0.480 e. The van der Waals surface area contributed by atoms with Gasteiger partial charge in [0.1, 0.15) is 11.6 Å². The van der Waals surface area contributed by atoms with Crippen LogP contribution in [0.2, 0.25) is 0 Å². The number of carbonyl (C=O) groups excluding carboxylic acids is 3. The van der Waals surface area contributed by atoms with E-state index in [1.807, 2.05) is 0 Å². The summed E-state index contributed by atoms with van der Waals surface area (Å²) in [5.41, 5.74) is -0.665. The van der Waals surface area contributed by atoms with Crippen LogP contribution in [0.3, 0.4) is 0 Å². The van der Waals surface area contributed by atoms with Crippen LogP contribution >= 0.6 is 0 Å². The molecule has 8 heteroatoms. The largest absolute Gasteiger partial charge is 0.480 e. The monoisotopic (exact) mass is 326 g/mol. The molecule has 1 unspecified atom stereocenters. The number of rotatable bonds is 6. The van der Waals surface area contributed by atoms with Gasteiger partial charge in [-0.05, 0) is 34.1 Å².